The van der Waals surface area contributed by atoms with E-state index in [1.54, 1.807) is 13.2 Å². The third kappa shape index (κ3) is 9.07. The van der Waals surface area contributed by atoms with Gasteiger partial charge in [0.1, 0.15) is 6.61 Å². The van der Waals surface area contributed by atoms with Gasteiger partial charge >= 0.3 is 5.97 Å². The van der Waals surface area contributed by atoms with Gasteiger partial charge in [-0.3, -0.25) is 0 Å². The molecule has 0 amide bonds. The minimum Gasteiger partial charge on any atom is -0.462 e. The second-order valence-corrected chi connectivity index (χ2v) is 3.62. The summed E-state index contributed by atoms with van der Waals surface area (Å²) in [6.07, 6.45) is 6.54. The van der Waals surface area contributed by atoms with E-state index in [0.29, 0.717) is 18.8 Å². The van der Waals surface area contributed by atoms with Gasteiger partial charge in [-0.2, -0.15) is 5.26 Å². The molecule has 0 aromatic rings. The highest BCUT2D eigenvalue weighted by atomic mass is 16.5. The number of rotatable bonds is 9. The molecule has 16 heavy (non-hydrogen) atoms. The van der Waals surface area contributed by atoms with Crippen LogP contribution in [-0.2, 0) is 14.3 Å². The fourth-order valence-electron chi connectivity index (χ4n) is 1.14. The van der Waals surface area contributed by atoms with E-state index in [9.17, 15) is 4.79 Å². The van der Waals surface area contributed by atoms with Crippen molar-refractivity contribution in [3.63, 3.8) is 0 Å². The van der Waals surface area contributed by atoms with E-state index in [4.69, 9.17) is 10.00 Å². The van der Waals surface area contributed by atoms with Crippen LogP contribution in [0, 0.1) is 11.5 Å². The molecule has 0 aromatic carbocycles. The predicted octanol–water partition coefficient (Wildman–Crippen LogP) is 2.55. The first-order valence-corrected chi connectivity index (χ1v) is 5.52. The van der Waals surface area contributed by atoms with Crippen molar-refractivity contribution >= 4 is 5.97 Å². The van der Waals surface area contributed by atoms with Gasteiger partial charge in [0.05, 0.1) is 6.61 Å². The van der Waals surface area contributed by atoms with Crippen molar-refractivity contribution in [3.8, 4) is 6.26 Å². The smallest absolute Gasteiger partial charge is 0.333 e. The van der Waals surface area contributed by atoms with Crippen LogP contribution in [-0.4, -0.2) is 19.2 Å². The Morgan fingerprint density at radius 2 is 1.75 bits per heavy atom. The van der Waals surface area contributed by atoms with Crippen LogP contribution in [0.25, 0.3) is 0 Å². The minimum absolute atomic E-state index is 0.317. The van der Waals surface area contributed by atoms with Crippen molar-refractivity contribution in [1.82, 2.24) is 0 Å². The molecule has 4 nitrogen and oxygen atoms in total. The maximum atomic E-state index is 11.0. The number of ether oxygens (including phenoxy) is 2. The molecule has 0 fully saturated rings. The predicted molar refractivity (Wildman–Crippen MR) is 60.4 cm³/mol. The molecule has 0 N–H and O–H groups in total. The van der Waals surface area contributed by atoms with Gasteiger partial charge in [0.25, 0.3) is 6.26 Å². The summed E-state index contributed by atoms with van der Waals surface area (Å²) in [6.45, 7) is 6.09. The highest BCUT2D eigenvalue weighted by Gasteiger charge is 2.01. The summed E-state index contributed by atoms with van der Waals surface area (Å²) in [5.74, 6) is -0.317. The summed E-state index contributed by atoms with van der Waals surface area (Å²) in [5.41, 5.74) is 0.439. The number of hydrogen-bond acceptors (Lipinski definition) is 4. The Kier molecular flexibility index (Phi) is 9.09. The third-order valence-corrected chi connectivity index (χ3v) is 2.04. The first kappa shape index (κ1) is 14.5. The van der Waals surface area contributed by atoms with Gasteiger partial charge in [0.2, 0.25) is 0 Å². The van der Waals surface area contributed by atoms with Crippen molar-refractivity contribution in [2.75, 3.05) is 13.2 Å². The van der Waals surface area contributed by atoms with Crippen molar-refractivity contribution in [2.24, 2.45) is 0 Å². The van der Waals surface area contributed by atoms with Gasteiger partial charge in [-0.25, -0.2) is 4.79 Å². The van der Waals surface area contributed by atoms with Crippen LogP contribution in [0.15, 0.2) is 12.2 Å². The summed E-state index contributed by atoms with van der Waals surface area (Å²) in [7, 11) is 0. The molecular formula is C12H19NO3. The highest BCUT2D eigenvalue weighted by Crippen LogP contribution is 2.04. The maximum Gasteiger partial charge on any atom is 0.333 e. The fourth-order valence-corrected chi connectivity index (χ4v) is 1.14. The van der Waals surface area contributed by atoms with Crippen LogP contribution in [0.4, 0.5) is 0 Å². The molecule has 0 heterocycles. The minimum atomic E-state index is -0.317. The number of carbonyl (C=O) groups is 1. The van der Waals surface area contributed by atoms with Gasteiger partial charge in [-0.05, 0) is 19.8 Å². The molecule has 0 aliphatic heterocycles. The van der Waals surface area contributed by atoms with E-state index < -0.39 is 0 Å². The lowest BCUT2D eigenvalue weighted by Crippen LogP contribution is -2.06. The summed E-state index contributed by atoms with van der Waals surface area (Å²) in [6, 6.07) is 0. The van der Waals surface area contributed by atoms with Gasteiger partial charge in [0, 0.05) is 5.57 Å². The van der Waals surface area contributed by atoms with E-state index in [-0.39, 0.29) is 5.97 Å². The molecule has 0 unspecified atom stereocenters. The number of esters is 1. The molecule has 0 rings (SSSR count). The molecule has 0 aliphatic carbocycles. The molecule has 0 aromatic heterocycles. The Bertz CT molecular complexity index is 255. The average molecular weight is 225 g/mol. The molecule has 0 atom stereocenters. The zero-order chi connectivity index (χ0) is 12.2. The van der Waals surface area contributed by atoms with Crippen molar-refractivity contribution in [2.45, 2.75) is 39.0 Å². The topological polar surface area (TPSA) is 59.3 Å². The molecule has 90 valence electrons. The molecule has 0 spiro atoms. The second kappa shape index (κ2) is 10.0. The van der Waals surface area contributed by atoms with Gasteiger partial charge < -0.3 is 9.47 Å². The lowest BCUT2D eigenvalue weighted by atomic mass is 10.1. The van der Waals surface area contributed by atoms with Crippen molar-refractivity contribution < 1.29 is 14.3 Å². The van der Waals surface area contributed by atoms with E-state index in [1.165, 1.54) is 0 Å². The molecule has 0 saturated carbocycles. The van der Waals surface area contributed by atoms with Crippen LogP contribution >= 0.6 is 0 Å². The summed E-state index contributed by atoms with van der Waals surface area (Å²) in [5, 5.41) is 8.11. The van der Waals surface area contributed by atoms with E-state index in [2.05, 4.69) is 11.3 Å². The molecule has 0 bridgehead atoms. The fraction of sp³-hybridized carbons (Fsp3) is 0.667. The standard InChI is InChI=1S/C12H19NO3/c1-11(2)12(14)16-9-7-5-3-4-6-8-15-10-13/h1,3-9H2,2H3. The third-order valence-electron chi connectivity index (χ3n) is 2.04. The van der Waals surface area contributed by atoms with Crippen LogP contribution in [0.2, 0.25) is 0 Å². The Balaban J connectivity index is 3.13. The average Bonchev–Trinajstić information content (AvgIpc) is 2.26. The van der Waals surface area contributed by atoms with E-state index in [1.807, 2.05) is 0 Å². The Labute approximate surface area is 96.8 Å². The summed E-state index contributed by atoms with van der Waals surface area (Å²) in [4.78, 5) is 11.0. The number of hydrogen-bond donors (Lipinski definition) is 0. The first-order valence-electron chi connectivity index (χ1n) is 5.52. The lowest BCUT2D eigenvalue weighted by Gasteiger charge is -2.03. The van der Waals surface area contributed by atoms with E-state index in [0.717, 1.165) is 32.1 Å². The van der Waals surface area contributed by atoms with Crippen molar-refractivity contribution in [3.05, 3.63) is 12.2 Å². The van der Waals surface area contributed by atoms with Gasteiger partial charge in [0.15, 0.2) is 0 Å². The Hall–Kier alpha value is -1.50. The Morgan fingerprint density at radius 1 is 1.19 bits per heavy atom. The first-order chi connectivity index (χ1) is 7.68. The zero-order valence-corrected chi connectivity index (χ0v) is 9.83. The number of carbonyl (C=O) groups excluding carboxylic acids is 1. The molecule has 0 aliphatic rings. The maximum absolute atomic E-state index is 11.0. The van der Waals surface area contributed by atoms with E-state index >= 15 is 0 Å². The van der Waals surface area contributed by atoms with Crippen LogP contribution < -0.4 is 0 Å². The number of nitrogens with zero attached hydrogens (tertiary/aromatic N) is 1. The molecular weight excluding hydrogens is 206 g/mol. The van der Waals surface area contributed by atoms with Crippen LogP contribution in [0.3, 0.4) is 0 Å². The van der Waals surface area contributed by atoms with Gasteiger partial charge in [-0.15, -0.1) is 0 Å². The molecule has 0 saturated heterocycles. The summed E-state index contributed by atoms with van der Waals surface area (Å²) < 4.78 is 9.49. The SMILES string of the molecule is C=C(C)C(=O)OCCCCCCCOC#N. The zero-order valence-electron chi connectivity index (χ0n) is 9.83. The molecule has 0 radical (unpaired) electrons. The lowest BCUT2D eigenvalue weighted by molar-refractivity contribution is -0.139. The highest BCUT2D eigenvalue weighted by molar-refractivity contribution is 5.86. The quantitative estimate of drug-likeness (QED) is 0.262. The normalized spacial score (nSPS) is 9.25. The second-order valence-electron chi connectivity index (χ2n) is 3.62. The number of unbranched alkanes of at least 4 members (excludes halogenated alkanes) is 4. The monoisotopic (exact) mass is 225 g/mol. The summed E-state index contributed by atoms with van der Waals surface area (Å²) >= 11 is 0. The van der Waals surface area contributed by atoms with Gasteiger partial charge in [-0.1, -0.05) is 25.8 Å². The van der Waals surface area contributed by atoms with Crippen molar-refractivity contribution in [1.29, 1.82) is 5.26 Å². The molecule has 4 heteroatoms. The number of nitriles is 1. The Morgan fingerprint density at radius 3 is 2.31 bits per heavy atom. The van der Waals surface area contributed by atoms with Crippen LogP contribution in [0.1, 0.15) is 39.0 Å². The largest absolute Gasteiger partial charge is 0.462 e. The van der Waals surface area contributed by atoms with Crippen LogP contribution in [0.5, 0.6) is 0 Å².